The molecule has 0 spiro atoms. The number of benzene rings is 3. The van der Waals surface area contributed by atoms with Crippen LogP contribution in [0.4, 0.5) is 5.69 Å². The molecule has 3 aromatic rings. The van der Waals surface area contributed by atoms with Crippen LogP contribution in [-0.2, 0) is 4.79 Å². The number of ether oxygens (including phenoxy) is 1. The lowest BCUT2D eigenvalue weighted by atomic mass is 9.98. The Morgan fingerprint density at radius 3 is 2.20 bits per heavy atom. The molecule has 1 atom stereocenters. The first-order valence-electron chi connectivity index (χ1n) is 12.3. The largest absolute Gasteiger partial charge is 0.497 e. The van der Waals surface area contributed by atoms with Crippen LogP contribution in [0.1, 0.15) is 30.0 Å². The molecule has 1 fully saturated rings. The van der Waals surface area contributed by atoms with Crippen LogP contribution in [0.5, 0.6) is 5.75 Å². The molecule has 1 saturated heterocycles. The Kier molecular flexibility index (Phi) is 7.09. The van der Waals surface area contributed by atoms with E-state index in [-0.39, 0.29) is 11.9 Å². The minimum absolute atomic E-state index is 0.0734. The summed E-state index contributed by atoms with van der Waals surface area (Å²) in [6.45, 7) is 4.64. The van der Waals surface area contributed by atoms with Crippen molar-refractivity contribution < 1.29 is 9.53 Å². The summed E-state index contributed by atoms with van der Waals surface area (Å²) in [6.07, 6.45) is 1.17. The van der Waals surface area contributed by atoms with Crippen molar-refractivity contribution in [3.05, 3.63) is 96.1 Å². The highest BCUT2D eigenvalue weighted by atomic mass is 16.5. The molecule has 0 aliphatic carbocycles. The van der Waals surface area contributed by atoms with Crippen LogP contribution in [0.25, 0.3) is 0 Å². The zero-order valence-corrected chi connectivity index (χ0v) is 20.2. The summed E-state index contributed by atoms with van der Waals surface area (Å²) < 4.78 is 5.29. The number of methoxy groups -OCH3 is 1. The zero-order valence-electron chi connectivity index (χ0n) is 20.2. The summed E-state index contributed by atoms with van der Waals surface area (Å²) in [5, 5.41) is 6.54. The third-order valence-corrected chi connectivity index (χ3v) is 6.91. The number of carbonyl (C=O) groups excluding carboxylic acids is 1. The lowest BCUT2D eigenvalue weighted by Crippen LogP contribution is -2.47. The second-order valence-corrected chi connectivity index (χ2v) is 9.06. The van der Waals surface area contributed by atoms with Crippen LogP contribution >= 0.6 is 0 Å². The van der Waals surface area contributed by atoms with Gasteiger partial charge in [0.1, 0.15) is 5.75 Å². The van der Waals surface area contributed by atoms with Gasteiger partial charge in [-0.1, -0.05) is 48.5 Å². The minimum Gasteiger partial charge on any atom is -0.497 e. The standard InChI is InChI=1S/C29H32N4O2/c1-35-26-14-12-23(13-15-26)27-22-28(24-8-4-2-5-9-24)33(30-27)29(34)16-17-31-18-20-32(21-19-31)25-10-6-3-7-11-25/h2-15,28H,16-22H2,1H3. The zero-order chi connectivity index (χ0) is 24.0. The number of hydrogen-bond donors (Lipinski definition) is 0. The van der Waals surface area contributed by atoms with Crippen molar-refractivity contribution in [1.82, 2.24) is 9.91 Å². The number of carbonyl (C=O) groups is 1. The topological polar surface area (TPSA) is 48.4 Å². The molecule has 0 bridgehead atoms. The molecule has 2 aliphatic rings. The molecule has 6 heteroatoms. The summed E-state index contributed by atoms with van der Waals surface area (Å²) in [7, 11) is 1.66. The van der Waals surface area contributed by atoms with E-state index in [0.29, 0.717) is 12.8 Å². The van der Waals surface area contributed by atoms with Gasteiger partial charge in [-0.05, 0) is 47.5 Å². The van der Waals surface area contributed by atoms with Gasteiger partial charge in [0.25, 0.3) is 0 Å². The molecule has 0 saturated carbocycles. The fourth-order valence-corrected chi connectivity index (χ4v) is 4.87. The number of anilines is 1. The van der Waals surface area contributed by atoms with Crippen LogP contribution in [0, 0.1) is 0 Å². The van der Waals surface area contributed by atoms with Crippen LogP contribution < -0.4 is 9.64 Å². The molecule has 0 N–H and O–H groups in total. The number of amides is 1. The van der Waals surface area contributed by atoms with Gasteiger partial charge in [0.15, 0.2) is 0 Å². The van der Waals surface area contributed by atoms with Gasteiger partial charge < -0.3 is 9.64 Å². The molecular weight excluding hydrogens is 436 g/mol. The van der Waals surface area contributed by atoms with E-state index in [1.165, 1.54) is 5.69 Å². The van der Waals surface area contributed by atoms with E-state index in [0.717, 1.165) is 55.3 Å². The van der Waals surface area contributed by atoms with Gasteiger partial charge in [-0.25, -0.2) is 5.01 Å². The molecule has 3 aromatic carbocycles. The van der Waals surface area contributed by atoms with Crippen molar-refractivity contribution in [3.63, 3.8) is 0 Å². The van der Waals surface area contributed by atoms with E-state index in [2.05, 4.69) is 52.3 Å². The fourth-order valence-electron chi connectivity index (χ4n) is 4.87. The maximum atomic E-state index is 13.4. The van der Waals surface area contributed by atoms with Gasteiger partial charge in [0.2, 0.25) is 5.91 Å². The molecule has 5 rings (SSSR count). The second kappa shape index (κ2) is 10.7. The van der Waals surface area contributed by atoms with Gasteiger partial charge in [-0.15, -0.1) is 0 Å². The molecule has 6 nitrogen and oxygen atoms in total. The van der Waals surface area contributed by atoms with Gasteiger partial charge in [-0.3, -0.25) is 9.69 Å². The predicted octanol–water partition coefficient (Wildman–Crippen LogP) is 4.59. The molecule has 0 aromatic heterocycles. The predicted molar refractivity (Wildman–Crippen MR) is 140 cm³/mol. The van der Waals surface area contributed by atoms with Crippen molar-refractivity contribution in [2.75, 3.05) is 44.7 Å². The second-order valence-electron chi connectivity index (χ2n) is 9.06. The number of piperazine rings is 1. The Morgan fingerprint density at radius 2 is 1.54 bits per heavy atom. The molecule has 180 valence electrons. The number of rotatable bonds is 7. The molecular formula is C29H32N4O2. The van der Waals surface area contributed by atoms with E-state index in [9.17, 15) is 4.79 Å². The molecule has 0 radical (unpaired) electrons. The number of hydrogen-bond acceptors (Lipinski definition) is 5. The van der Waals surface area contributed by atoms with Crippen molar-refractivity contribution in [2.45, 2.75) is 18.9 Å². The highest BCUT2D eigenvalue weighted by molar-refractivity contribution is 6.03. The van der Waals surface area contributed by atoms with E-state index in [4.69, 9.17) is 9.84 Å². The Bertz CT molecular complexity index is 1140. The van der Waals surface area contributed by atoms with Crippen LogP contribution in [0.3, 0.4) is 0 Å². The molecule has 35 heavy (non-hydrogen) atoms. The van der Waals surface area contributed by atoms with Crippen molar-refractivity contribution in [2.24, 2.45) is 5.10 Å². The van der Waals surface area contributed by atoms with Crippen molar-refractivity contribution in [3.8, 4) is 5.75 Å². The summed E-state index contributed by atoms with van der Waals surface area (Å²) in [4.78, 5) is 18.2. The van der Waals surface area contributed by atoms with E-state index in [1.54, 1.807) is 12.1 Å². The van der Waals surface area contributed by atoms with Gasteiger partial charge in [0, 0.05) is 51.3 Å². The van der Waals surface area contributed by atoms with Crippen LogP contribution in [-0.4, -0.2) is 61.4 Å². The summed E-state index contributed by atoms with van der Waals surface area (Å²) >= 11 is 0. The normalized spacial score (nSPS) is 18.4. The molecule has 1 amide bonds. The highest BCUT2D eigenvalue weighted by Crippen LogP contribution is 2.33. The smallest absolute Gasteiger partial charge is 0.244 e. The first-order valence-corrected chi connectivity index (χ1v) is 12.3. The Balaban J connectivity index is 1.24. The molecule has 1 unspecified atom stereocenters. The highest BCUT2D eigenvalue weighted by Gasteiger charge is 2.33. The quantitative estimate of drug-likeness (QED) is 0.509. The first-order chi connectivity index (χ1) is 17.2. The van der Waals surface area contributed by atoms with Crippen LogP contribution in [0.2, 0.25) is 0 Å². The van der Waals surface area contributed by atoms with Crippen molar-refractivity contribution in [1.29, 1.82) is 0 Å². The average molecular weight is 469 g/mol. The number of nitrogens with zero attached hydrogens (tertiary/aromatic N) is 4. The van der Waals surface area contributed by atoms with Crippen molar-refractivity contribution >= 4 is 17.3 Å². The third kappa shape index (κ3) is 5.38. The fraction of sp³-hybridized carbons (Fsp3) is 0.310. The van der Waals surface area contributed by atoms with Gasteiger partial charge >= 0.3 is 0 Å². The molecule has 2 heterocycles. The van der Waals surface area contributed by atoms with E-state index in [1.807, 2.05) is 42.5 Å². The lowest BCUT2D eigenvalue weighted by Gasteiger charge is -2.36. The Morgan fingerprint density at radius 1 is 0.886 bits per heavy atom. The van der Waals surface area contributed by atoms with Gasteiger partial charge in [0.05, 0.1) is 18.9 Å². The SMILES string of the molecule is COc1ccc(C2=NN(C(=O)CCN3CCN(c4ccccc4)CC3)C(c3ccccc3)C2)cc1. The number of para-hydroxylation sites is 1. The Labute approximate surface area is 207 Å². The van der Waals surface area contributed by atoms with E-state index < -0.39 is 0 Å². The molecule has 2 aliphatic heterocycles. The number of hydrazone groups is 1. The lowest BCUT2D eigenvalue weighted by molar-refractivity contribution is -0.133. The summed E-state index contributed by atoms with van der Waals surface area (Å²) in [5.74, 6) is 0.889. The minimum atomic E-state index is -0.0734. The Hall–Kier alpha value is -3.64. The van der Waals surface area contributed by atoms with Crippen LogP contribution in [0.15, 0.2) is 90.0 Å². The first kappa shape index (κ1) is 23.1. The monoisotopic (exact) mass is 468 g/mol. The summed E-state index contributed by atoms with van der Waals surface area (Å²) in [5.41, 5.74) is 4.35. The maximum absolute atomic E-state index is 13.4. The third-order valence-electron chi connectivity index (χ3n) is 6.91. The maximum Gasteiger partial charge on any atom is 0.244 e. The summed E-state index contributed by atoms with van der Waals surface area (Å²) in [6, 6.07) is 28.6. The average Bonchev–Trinajstić information content (AvgIpc) is 3.39. The van der Waals surface area contributed by atoms with E-state index >= 15 is 0 Å². The van der Waals surface area contributed by atoms with Gasteiger partial charge in [-0.2, -0.15) is 5.10 Å².